The normalized spacial score (nSPS) is 23.9. The molecule has 148 valence electrons. The van der Waals surface area contributed by atoms with Crippen molar-refractivity contribution in [1.82, 2.24) is 15.5 Å². The minimum Gasteiger partial charge on any atom is -0.355 e. The zero-order valence-corrected chi connectivity index (χ0v) is 16.0. The monoisotopic (exact) mass is 375 g/mol. The van der Waals surface area contributed by atoms with Crippen LogP contribution in [0.3, 0.4) is 0 Å². The molecule has 2 aliphatic rings. The summed E-state index contributed by atoms with van der Waals surface area (Å²) in [5, 5.41) is 6.00. The van der Waals surface area contributed by atoms with Crippen LogP contribution in [0.2, 0.25) is 0 Å². The molecule has 1 heterocycles. The molecule has 6 heteroatoms. The molecule has 1 aliphatic carbocycles. The number of carbonyl (C=O) groups is 2. The van der Waals surface area contributed by atoms with Gasteiger partial charge in [0, 0.05) is 25.2 Å². The number of carbonyl (C=O) groups excluding carboxylic acids is 2. The number of benzene rings is 1. The van der Waals surface area contributed by atoms with Crippen LogP contribution in [0, 0.1) is 5.82 Å². The topological polar surface area (TPSA) is 61.4 Å². The average molecular weight is 375 g/mol. The van der Waals surface area contributed by atoms with Crippen molar-refractivity contribution in [2.24, 2.45) is 0 Å². The van der Waals surface area contributed by atoms with Crippen molar-refractivity contribution in [1.29, 1.82) is 0 Å². The van der Waals surface area contributed by atoms with Crippen molar-refractivity contribution in [3.05, 3.63) is 35.6 Å². The van der Waals surface area contributed by atoms with Gasteiger partial charge in [0.05, 0.1) is 12.5 Å². The van der Waals surface area contributed by atoms with E-state index in [9.17, 15) is 14.0 Å². The van der Waals surface area contributed by atoms with E-state index >= 15 is 0 Å². The third kappa shape index (κ3) is 5.28. The highest BCUT2D eigenvalue weighted by molar-refractivity contribution is 5.83. The van der Waals surface area contributed by atoms with Crippen molar-refractivity contribution < 1.29 is 14.0 Å². The summed E-state index contributed by atoms with van der Waals surface area (Å²) < 4.78 is 13.3. The first-order chi connectivity index (χ1) is 13.1. The van der Waals surface area contributed by atoms with Crippen LogP contribution < -0.4 is 10.6 Å². The van der Waals surface area contributed by atoms with Gasteiger partial charge in [-0.1, -0.05) is 31.4 Å². The highest BCUT2D eigenvalue weighted by Gasteiger charge is 2.40. The highest BCUT2D eigenvalue weighted by Crippen LogP contribution is 2.29. The van der Waals surface area contributed by atoms with Gasteiger partial charge in [-0.05, 0) is 43.9 Å². The second-order valence-corrected chi connectivity index (χ2v) is 7.71. The van der Waals surface area contributed by atoms with Gasteiger partial charge in [-0.2, -0.15) is 0 Å². The van der Waals surface area contributed by atoms with E-state index in [1.54, 1.807) is 12.1 Å². The molecule has 5 nitrogen and oxygen atoms in total. The van der Waals surface area contributed by atoms with E-state index in [2.05, 4.69) is 15.5 Å². The lowest BCUT2D eigenvalue weighted by Crippen LogP contribution is -2.48. The minimum atomic E-state index is -0.332. The van der Waals surface area contributed by atoms with Crippen LogP contribution in [0.25, 0.3) is 0 Å². The number of likely N-dealkylation sites (tertiary alicyclic amines) is 1. The van der Waals surface area contributed by atoms with Crippen LogP contribution in [0.4, 0.5) is 4.39 Å². The van der Waals surface area contributed by atoms with Crippen molar-refractivity contribution in [2.75, 3.05) is 13.1 Å². The summed E-state index contributed by atoms with van der Waals surface area (Å²) in [6, 6.07) is 6.34. The summed E-state index contributed by atoms with van der Waals surface area (Å²) >= 11 is 0. The number of hydrogen-bond acceptors (Lipinski definition) is 3. The molecule has 2 amide bonds. The van der Waals surface area contributed by atoms with E-state index in [1.807, 2.05) is 6.92 Å². The first-order valence-corrected chi connectivity index (χ1v) is 10.1. The number of halogens is 1. The number of nitrogens with one attached hydrogen (secondary N) is 2. The fraction of sp³-hybridized carbons (Fsp3) is 0.619. The molecule has 0 radical (unpaired) electrons. The maximum atomic E-state index is 13.3. The Bertz CT molecular complexity index is 661. The van der Waals surface area contributed by atoms with Gasteiger partial charge in [0.15, 0.2) is 0 Å². The summed E-state index contributed by atoms with van der Waals surface area (Å²) in [4.78, 5) is 27.3. The van der Waals surface area contributed by atoms with Gasteiger partial charge in [-0.15, -0.1) is 0 Å². The number of hydrogen-bond donors (Lipinski definition) is 2. The van der Waals surface area contributed by atoms with E-state index in [0.29, 0.717) is 31.1 Å². The van der Waals surface area contributed by atoms with Crippen molar-refractivity contribution in [3.63, 3.8) is 0 Å². The van der Waals surface area contributed by atoms with E-state index in [4.69, 9.17) is 0 Å². The minimum absolute atomic E-state index is 0.0411. The Morgan fingerprint density at radius 1 is 1.22 bits per heavy atom. The molecule has 1 aromatic rings. The predicted molar refractivity (Wildman–Crippen MR) is 103 cm³/mol. The van der Waals surface area contributed by atoms with Crippen molar-refractivity contribution in [2.45, 2.75) is 70.0 Å². The molecule has 3 rings (SSSR count). The van der Waals surface area contributed by atoms with Gasteiger partial charge in [0.25, 0.3) is 0 Å². The molecule has 1 saturated carbocycles. The van der Waals surface area contributed by atoms with E-state index in [-0.39, 0.29) is 36.1 Å². The molecule has 1 aliphatic heterocycles. The van der Waals surface area contributed by atoms with E-state index in [1.165, 1.54) is 31.4 Å². The van der Waals surface area contributed by atoms with Crippen LogP contribution in [-0.4, -0.2) is 47.9 Å². The van der Waals surface area contributed by atoms with Crippen molar-refractivity contribution in [3.8, 4) is 0 Å². The second kappa shape index (κ2) is 9.31. The van der Waals surface area contributed by atoms with Crippen LogP contribution in [-0.2, 0) is 16.0 Å². The van der Waals surface area contributed by atoms with Crippen LogP contribution in [0.1, 0.15) is 51.0 Å². The summed E-state index contributed by atoms with van der Waals surface area (Å²) in [7, 11) is 0. The first kappa shape index (κ1) is 19.8. The van der Waals surface area contributed by atoms with Gasteiger partial charge in [-0.25, -0.2) is 4.39 Å². The third-order valence-corrected chi connectivity index (χ3v) is 5.66. The summed E-state index contributed by atoms with van der Waals surface area (Å²) in [6.45, 7) is 3.25. The summed E-state index contributed by atoms with van der Waals surface area (Å²) in [6.07, 6.45) is 6.73. The van der Waals surface area contributed by atoms with E-state index in [0.717, 1.165) is 12.8 Å². The van der Waals surface area contributed by atoms with Gasteiger partial charge >= 0.3 is 0 Å². The molecule has 0 spiro atoms. The lowest BCUT2D eigenvalue weighted by molar-refractivity contribution is -0.126. The molecule has 2 N–H and O–H groups in total. The van der Waals surface area contributed by atoms with Crippen LogP contribution in [0.15, 0.2) is 24.3 Å². The van der Waals surface area contributed by atoms with Gasteiger partial charge in [0.1, 0.15) is 5.82 Å². The molecule has 1 saturated heterocycles. The standard InChI is InChI=1S/C21H30FN3O2/c1-2-23-21(27)19-13-17(14-25(19)18-9-4-3-5-10-18)24-20(26)12-15-7-6-8-16(22)11-15/h6-8,11,17-19H,2-5,9-10,12-14H2,1H3,(H,23,27)(H,24,26). The highest BCUT2D eigenvalue weighted by atomic mass is 19.1. The van der Waals surface area contributed by atoms with Gasteiger partial charge in [0.2, 0.25) is 11.8 Å². The molecule has 27 heavy (non-hydrogen) atoms. The van der Waals surface area contributed by atoms with Crippen molar-refractivity contribution >= 4 is 11.8 Å². The predicted octanol–water partition coefficient (Wildman–Crippen LogP) is 2.40. The number of rotatable bonds is 6. The summed E-state index contributed by atoms with van der Waals surface area (Å²) in [5.41, 5.74) is 0.662. The third-order valence-electron chi connectivity index (χ3n) is 5.66. The smallest absolute Gasteiger partial charge is 0.237 e. The summed E-state index contributed by atoms with van der Waals surface area (Å²) in [5.74, 6) is -0.392. The molecule has 1 aromatic carbocycles. The quantitative estimate of drug-likeness (QED) is 0.803. The lowest BCUT2D eigenvalue weighted by Gasteiger charge is -2.34. The molecule has 2 atom stereocenters. The fourth-order valence-electron chi connectivity index (χ4n) is 4.44. The maximum absolute atomic E-state index is 13.3. The molecule has 2 fully saturated rings. The molecule has 0 bridgehead atoms. The molecular formula is C21H30FN3O2. The lowest BCUT2D eigenvalue weighted by atomic mass is 9.93. The Morgan fingerprint density at radius 2 is 2.00 bits per heavy atom. The Kier molecular flexibility index (Phi) is 6.83. The Balaban J connectivity index is 1.61. The van der Waals surface area contributed by atoms with Crippen LogP contribution >= 0.6 is 0 Å². The molecular weight excluding hydrogens is 345 g/mol. The Hall–Kier alpha value is -1.95. The molecule has 0 aromatic heterocycles. The zero-order valence-electron chi connectivity index (χ0n) is 16.0. The Morgan fingerprint density at radius 3 is 2.70 bits per heavy atom. The zero-order chi connectivity index (χ0) is 19.2. The largest absolute Gasteiger partial charge is 0.355 e. The number of amides is 2. The van der Waals surface area contributed by atoms with Gasteiger partial charge < -0.3 is 10.6 Å². The number of likely N-dealkylation sites (N-methyl/N-ethyl adjacent to an activating group) is 1. The van der Waals surface area contributed by atoms with Gasteiger partial charge in [-0.3, -0.25) is 14.5 Å². The number of nitrogens with zero attached hydrogens (tertiary/aromatic N) is 1. The molecule has 2 unspecified atom stereocenters. The van der Waals surface area contributed by atoms with Crippen LogP contribution in [0.5, 0.6) is 0 Å². The average Bonchev–Trinajstić information content (AvgIpc) is 3.06. The fourth-order valence-corrected chi connectivity index (χ4v) is 4.44. The maximum Gasteiger partial charge on any atom is 0.237 e. The Labute approximate surface area is 160 Å². The first-order valence-electron chi connectivity index (χ1n) is 10.1. The van der Waals surface area contributed by atoms with E-state index < -0.39 is 0 Å². The SMILES string of the molecule is CCNC(=O)C1CC(NC(=O)Cc2cccc(F)c2)CN1C1CCCCC1. The second-order valence-electron chi connectivity index (χ2n) is 7.71.